The first-order valence-corrected chi connectivity index (χ1v) is 7.46. The first kappa shape index (κ1) is 12.7. The molecule has 0 spiro atoms. The Hall–Kier alpha value is -2.00. The smallest absolute Gasteiger partial charge is 0.120 e. The number of anilines is 1. The zero-order valence-corrected chi connectivity index (χ0v) is 12.6. The van der Waals surface area contributed by atoms with Gasteiger partial charge in [-0.25, -0.2) is 4.98 Å². The lowest BCUT2D eigenvalue weighted by molar-refractivity contribution is 0.705. The molecule has 0 bridgehead atoms. The van der Waals surface area contributed by atoms with E-state index in [-0.39, 0.29) is 5.41 Å². The average molecular weight is 298 g/mol. The van der Waals surface area contributed by atoms with Gasteiger partial charge in [-0.2, -0.15) is 0 Å². The van der Waals surface area contributed by atoms with Crippen molar-refractivity contribution in [2.75, 3.05) is 5.73 Å². The van der Waals surface area contributed by atoms with Crippen molar-refractivity contribution in [1.29, 1.82) is 0 Å². The molecule has 1 fully saturated rings. The third kappa shape index (κ3) is 1.84. The summed E-state index contributed by atoms with van der Waals surface area (Å²) < 4.78 is 2.19. The molecule has 3 aromatic rings. The van der Waals surface area contributed by atoms with Crippen LogP contribution in [0.3, 0.4) is 0 Å². The van der Waals surface area contributed by atoms with Gasteiger partial charge in [-0.1, -0.05) is 23.7 Å². The largest absolute Gasteiger partial charge is 0.399 e. The number of nitrogens with zero attached hydrogens (tertiary/aromatic N) is 2. The molecule has 0 amide bonds. The third-order valence-corrected chi connectivity index (χ3v) is 4.72. The van der Waals surface area contributed by atoms with Crippen LogP contribution in [0.1, 0.15) is 24.2 Å². The van der Waals surface area contributed by atoms with E-state index in [4.69, 9.17) is 22.3 Å². The monoisotopic (exact) mass is 297 g/mol. The summed E-state index contributed by atoms with van der Waals surface area (Å²) in [5.74, 6) is 1.12. The molecule has 0 radical (unpaired) electrons. The van der Waals surface area contributed by atoms with Gasteiger partial charge in [0, 0.05) is 17.8 Å². The van der Waals surface area contributed by atoms with E-state index in [1.807, 2.05) is 30.3 Å². The molecule has 3 nitrogen and oxygen atoms in total. The minimum atomic E-state index is 0.0357. The van der Waals surface area contributed by atoms with Crippen LogP contribution in [0, 0.1) is 0 Å². The second kappa shape index (κ2) is 4.25. The van der Waals surface area contributed by atoms with Crippen LogP contribution in [0.4, 0.5) is 5.69 Å². The highest BCUT2D eigenvalue weighted by Gasteiger charge is 2.49. The minimum Gasteiger partial charge on any atom is -0.399 e. The molecule has 0 atom stereocenters. The van der Waals surface area contributed by atoms with Crippen molar-refractivity contribution >= 4 is 28.3 Å². The summed E-state index contributed by atoms with van der Waals surface area (Å²) in [6.45, 7) is 0. The number of nitrogens with two attached hydrogens (primary N) is 1. The maximum Gasteiger partial charge on any atom is 0.120 e. The Balaban J connectivity index is 1.89. The summed E-state index contributed by atoms with van der Waals surface area (Å²) in [5, 5.41) is 0.726. The fraction of sp³-hybridized carbons (Fsp3) is 0.235. The number of nitrogen functional groups attached to an aromatic ring is 1. The highest BCUT2D eigenvalue weighted by atomic mass is 35.5. The molecule has 2 N–H and O–H groups in total. The van der Waals surface area contributed by atoms with Crippen LogP contribution in [-0.2, 0) is 12.5 Å². The van der Waals surface area contributed by atoms with Gasteiger partial charge in [-0.15, -0.1) is 0 Å². The van der Waals surface area contributed by atoms with E-state index >= 15 is 0 Å². The van der Waals surface area contributed by atoms with Crippen molar-refractivity contribution in [3.05, 3.63) is 58.9 Å². The molecule has 1 aromatic heterocycles. The van der Waals surface area contributed by atoms with Crippen molar-refractivity contribution in [2.24, 2.45) is 7.05 Å². The standard InChI is InChI=1S/C17H16ClN3/c1-21-15-7-4-12(18)10-14(15)20-16(21)17(8-9-17)11-2-5-13(19)6-3-11/h2-7,10H,8-9,19H2,1H3. The molecule has 0 aliphatic heterocycles. The van der Waals surface area contributed by atoms with Crippen molar-refractivity contribution in [3.8, 4) is 0 Å². The van der Waals surface area contributed by atoms with Crippen molar-refractivity contribution in [3.63, 3.8) is 0 Å². The van der Waals surface area contributed by atoms with Crippen LogP contribution in [-0.4, -0.2) is 9.55 Å². The molecule has 0 unspecified atom stereocenters. The molecule has 1 aliphatic carbocycles. The Morgan fingerprint density at radius 3 is 2.52 bits per heavy atom. The first-order valence-electron chi connectivity index (χ1n) is 7.09. The van der Waals surface area contributed by atoms with E-state index in [1.54, 1.807) is 0 Å². The van der Waals surface area contributed by atoms with Crippen LogP contribution >= 0.6 is 11.6 Å². The van der Waals surface area contributed by atoms with E-state index < -0.39 is 0 Å². The first-order chi connectivity index (χ1) is 10.1. The summed E-state index contributed by atoms with van der Waals surface area (Å²) in [6, 6.07) is 14.1. The van der Waals surface area contributed by atoms with Crippen LogP contribution in [0.15, 0.2) is 42.5 Å². The number of rotatable bonds is 2. The lowest BCUT2D eigenvalue weighted by atomic mass is 9.95. The number of hydrogen-bond acceptors (Lipinski definition) is 2. The number of fused-ring (bicyclic) bond motifs is 1. The van der Waals surface area contributed by atoms with E-state index in [2.05, 4.69) is 23.7 Å². The minimum absolute atomic E-state index is 0.0357. The van der Waals surface area contributed by atoms with Gasteiger partial charge >= 0.3 is 0 Å². The lowest BCUT2D eigenvalue weighted by Gasteiger charge is -2.16. The zero-order valence-electron chi connectivity index (χ0n) is 11.8. The number of benzene rings is 2. The lowest BCUT2D eigenvalue weighted by Crippen LogP contribution is -2.14. The summed E-state index contributed by atoms with van der Waals surface area (Å²) >= 11 is 6.08. The van der Waals surface area contributed by atoms with Crippen LogP contribution in [0.25, 0.3) is 11.0 Å². The molecule has 2 aromatic carbocycles. The van der Waals surface area contributed by atoms with E-state index in [9.17, 15) is 0 Å². The molecule has 0 saturated heterocycles. The topological polar surface area (TPSA) is 43.8 Å². The Kier molecular flexibility index (Phi) is 2.57. The SMILES string of the molecule is Cn1c(C2(c3ccc(N)cc3)CC2)nc2cc(Cl)ccc21. The van der Waals surface area contributed by atoms with E-state index in [1.165, 1.54) is 5.56 Å². The van der Waals surface area contributed by atoms with Crippen molar-refractivity contribution < 1.29 is 0 Å². The van der Waals surface area contributed by atoms with Gasteiger partial charge in [0.1, 0.15) is 5.82 Å². The highest BCUT2D eigenvalue weighted by molar-refractivity contribution is 6.31. The second-order valence-corrected chi connectivity index (χ2v) is 6.27. The normalized spacial score (nSPS) is 16.3. The molecule has 1 aliphatic rings. The van der Waals surface area contributed by atoms with E-state index in [0.717, 1.165) is 40.4 Å². The molecule has 1 heterocycles. The molecule has 4 heteroatoms. The van der Waals surface area contributed by atoms with E-state index in [0.29, 0.717) is 0 Å². The summed E-state index contributed by atoms with van der Waals surface area (Å²) in [4.78, 5) is 4.85. The Labute approximate surface area is 128 Å². The Bertz CT molecular complexity index is 829. The maximum absolute atomic E-state index is 6.08. The summed E-state index contributed by atoms with van der Waals surface area (Å²) in [6.07, 6.45) is 2.25. The quantitative estimate of drug-likeness (QED) is 0.729. The molecule has 4 rings (SSSR count). The molecule has 106 valence electrons. The predicted molar refractivity (Wildman–Crippen MR) is 86.6 cm³/mol. The number of hydrogen-bond donors (Lipinski definition) is 1. The summed E-state index contributed by atoms with van der Waals surface area (Å²) in [5.41, 5.74) is 10.0. The van der Waals surface area contributed by atoms with Gasteiger partial charge in [-0.05, 0) is 48.7 Å². The Morgan fingerprint density at radius 2 is 1.86 bits per heavy atom. The van der Waals surface area contributed by atoms with Gasteiger partial charge in [-0.3, -0.25) is 0 Å². The number of aryl methyl sites for hydroxylation is 1. The average Bonchev–Trinajstić information content (AvgIpc) is 3.20. The second-order valence-electron chi connectivity index (χ2n) is 5.83. The van der Waals surface area contributed by atoms with Gasteiger partial charge < -0.3 is 10.3 Å². The molecular weight excluding hydrogens is 282 g/mol. The molecular formula is C17H16ClN3. The molecule has 21 heavy (non-hydrogen) atoms. The van der Waals surface area contributed by atoms with Crippen molar-refractivity contribution in [2.45, 2.75) is 18.3 Å². The fourth-order valence-electron chi connectivity index (χ4n) is 3.17. The fourth-order valence-corrected chi connectivity index (χ4v) is 3.34. The highest BCUT2D eigenvalue weighted by Crippen LogP contribution is 2.53. The number of aromatic nitrogens is 2. The Morgan fingerprint density at radius 1 is 1.14 bits per heavy atom. The van der Waals surface area contributed by atoms with Gasteiger partial charge in [0.2, 0.25) is 0 Å². The van der Waals surface area contributed by atoms with Crippen LogP contribution in [0.2, 0.25) is 5.02 Å². The van der Waals surface area contributed by atoms with Crippen LogP contribution < -0.4 is 5.73 Å². The van der Waals surface area contributed by atoms with Crippen molar-refractivity contribution in [1.82, 2.24) is 9.55 Å². The van der Waals surface area contributed by atoms with Gasteiger partial charge in [0.05, 0.1) is 16.4 Å². The predicted octanol–water partition coefficient (Wildman–Crippen LogP) is 3.89. The van der Waals surface area contributed by atoms with Crippen LogP contribution in [0.5, 0.6) is 0 Å². The van der Waals surface area contributed by atoms with Gasteiger partial charge in [0.15, 0.2) is 0 Å². The number of halogens is 1. The van der Waals surface area contributed by atoms with Gasteiger partial charge in [0.25, 0.3) is 0 Å². The zero-order chi connectivity index (χ0) is 14.6. The third-order valence-electron chi connectivity index (χ3n) is 4.48. The molecule has 1 saturated carbocycles. The number of imidazole rings is 1. The summed E-state index contributed by atoms with van der Waals surface area (Å²) in [7, 11) is 2.08. The maximum atomic E-state index is 6.08.